The molecule has 3 heteroatoms. The number of nitrogens with one attached hydrogen (secondary N) is 1. The van der Waals surface area contributed by atoms with E-state index in [4.69, 9.17) is 4.74 Å². The van der Waals surface area contributed by atoms with Gasteiger partial charge in [0.2, 0.25) is 0 Å². The van der Waals surface area contributed by atoms with Crippen LogP contribution in [0, 0.1) is 0 Å². The van der Waals surface area contributed by atoms with Gasteiger partial charge in [0.05, 0.1) is 7.11 Å². The summed E-state index contributed by atoms with van der Waals surface area (Å²) in [6.07, 6.45) is 3.85. The standard InChI is InChI=1S/C27H29NO2/c1-4-20-11-14-22(5-2)24(17-20)19-28-27(29)26(23-9-7-6-8-10-23)18-21-12-15-25(30-3)16-13-21/h6-18H,4-5,19H2,1-3H3,(H,28,29)/b26-18+. The van der Waals surface area contributed by atoms with Crippen LogP contribution in [0.15, 0.2) is 72.8 Å². The van der Waals surface area contributed by atoms with Crippen LogP contribution in [0.5, 0.6) is 5.75 Å². The maximum Gasteiger partial charge on any atom is 0.252 e. The Kier molecular flexibility index (Phi) is 7.45. The molecule has 0 unspecified atom stereocenters. The number of benzene rings is 3. The van der Waals surface area contributed by atoms with E-state index in [9.17, 15) is 4.79 Å². The number of hydrogen-bond acceptors (Lipinski definition) is 2. The third-order valence-corrected chi connectivity index (χ3v) is 5.26. The predicted molar refractivity (Wildman–Crippen MR) is 124 cm³/mol. The minimum atomic E-state index is -0.0824. The van der Waals surface area contributed by atoms with Gasteiger partial charge in [-0.25, -0.2) is 0 Å². The second-order valence-electron chi connectivity index (χ2n) is 7.19. The van der Waals surface area contributed by atoms with Gasteiger partial charge in [0.1, 0.15) is 5.75 Å². The molecule has 3 nitrogen and oxygen atoms in total. The van der Waals surface area contributed by atoms with Gasteiger partial charge in [-0.1, -0.05) is 74.5 Å². The van der Waals surface area contributed by atoms with Crippen molar-refractivity contribution in [2.24, 2.45) is 0 Å². The van der Waals surface area contributed by atoms with E-state index in [2.05, 4.69) is 37.4 Å². The highest BCUT2D eigenvalue weighted by Crippen LogP contribution is 2.21. The molecule has 3 rings (SSSR count). The summed E-state index contributed by atoms with van der Waals surface area (Å²) in [7, 11) is 1.64. The molecule has 0 saturated carbocycles. The Balaban J connectivity index is 1.87. The monoisotopic (exact) mass is 399 g/mol. The smallest absolute Gasteiger partial charge is 0.252 e. The molecule has 3 aromatic carbocycles. The summed E-state index contributed by atoms with van der Waals surface area (Å²) in [5, 5.41) is 3.13. The van der Waals surface area contributed by atoms with Crippen molar-refractivity contribution in [3.63, 3.8) is 0 Å². The number of rotatable bonds is 8. The van der Waals surface area contributed by atoms with Crippen LogP contribution in [0.2, 0.25) is 0 Å². The SMILES string of the molecule is CCc1ccc(CC)c(CNC(=O)/C(=C/c2ccc(OC)cc2)c2ccccc2)c1. The van der Waals surface area contributed by atoms with E-state index in [-0.39, 0.29) is 5.91 Å². The van der Waals surface area contributed by atoms with Crippen LogP contribution < -0.4 is 10.1 Å². The molecule has 154 valence electrons. The van der Waals surface area contributed by atoms with Crippen molar-refractivity contribution in [2.75, 3.05) is 7.11 Å². The van der Waals surface area contributed by atoms with Crippen molar-refractivity contribution in [1.29, 1.82) is 0 Å². The van der Waals surface area contributed by atoms with Crippen molar-refractivity contribution in [3.8, 4) is 5.75 Å². The first-order chi connectivity index (χ1) is 14.6. The number of aryl methyl sites for hydroxylation is 2. The van der Waals surface area contributed by atoms with Gasteiger partial charge in [-0.3, -0.25) is 4.79 Å². The van der Waals surface area contributed by atoms with Gasteiger partial charge in [-0.05, 0) is 58.9 Å². The first-order valence-electron chi connectivity index (χ1n) is 10.4. The van der Waals surface area contributed by atoms with E-state index in [0.717, 1.165) is 29.7 Å². The molecular formula is C27H29NO2. The van der Waals surface area contributed by atoms with E-state index in [1.54, 1.807) is 7.11 Å². The lowest BCUT2D eigenvalue weighted by Crippen LogP contribution is -2.24. The second kappa shape index (κ2) is 10.4. The van der Waals surface area contributed by atoms with E-state index in [1.807, 2.05) is 60.7 Å². The van der Waals surface area contributed by atoms with E-state index >= 15 is 0 Å². The molecule has 0 aliphatic heterocycles. The summed E-state index contributed by atoms with van der Waals surface area (Å²) in [4.78, 5) is 13.2. The number of amides is 1. The Bertz CT molecular complexity index is 1000. The molecule has 3 aromatic rings. The molecule has 0 radical (unpaired) electrons. The van der Waals surface area contributed by atoms with Crippen LogP contribution in [0.25, 0.3) is 11.6 Å². The molecule has 0 aromatic heterocycles. The van der Waals surface area contributed by atoms with Crippen LogP contribution >= 0.6 is 0 Å². The maximum atomic E-state index is 13.2. The molecule has 0 atom stereocenters. The molecule has 0 spiro atoms. The van der Waals surface area contributed by atoms with Gasteiger partial charge < -0.3 is 10.1 Å². The summed E-state index contributed by atoms with van der Waals surface area (Å²) in [5.74, 6) is 0.710. The van der Waals surface area contributed by atoms with Gasteiger partial charge in [0.25, 0.3) is 5.91 Å². The molecular weight excluding hydrogens is 370 g/mol. The Morgan fingerprint density at radius 2 is 1.63 bits per heavy atom. The van der Waals surface area contributed by atoms with Crippen LogP contribution in [0.1, 0.15) is 41.7 Å². The number of hydrogen-bond donors (Lipinski definition) is 1. The Morgan fingerprint density at radius 3 is 2.27 bits per heavy atom. The van der Waals surface area contributed by atoms with E-state index in [0.29, 0.717) is 12.1 Å². The minimum Gasteiger partial charge on any atom is -0.497 e. The maximum absolute atomic E-state index is 13.2. The average molecular weight is 400 g/mol. The predicted octanol–water partition coefficient (Wildman–Crippen LogP) is 5.68. The van der Waals surface area contributed by atoms with Gasteiger partial charge in [-0.2, -0.15) is 0 Å². The summed E-state index contributed by atoms with van der Waals surface area (Å²) < 4.78 is 5.23. The van der Waals surface area contributed by atoms with Gasteiger partial charge in [-0.15, -0.1) is 0 Å². The van der Waals surface area contributed by atoms with Crippen molar-refractivity contribution < 1.29 is 9.53 Å². The molecule has 0 heterocycles. The van der Waals surface area contributed by atoms with E-state index < -0.39 is 0 Å². The van der Waals surface area contributed by atoms with Crippen LogP contribution in [0.3, 0.4) is 0 Å². The Morgan fingerprint density at radius 1 is 0.900 bits per heavy atom. The zero-order valence-electron chi connectivity index (χ0n) is 17.9. The quantitative estimate of drug-likeness (QED) is 0.391. The molecule has 0 saturated heterocycles. The summed E-state index contributed by atoms with van der Waals surface area (Å²) in [5.41, 5.74) is 6.23. The third kappa shape index (κ3) is 5.38. The van der Waals surface area contributed by atoms with Crippen LogP contribution in [-0.4, -0.2) is 13.0 Å². The first-order valence-corrected chi connectivity index (χ1v) is 10.4. The number of carbonyl (C=O) groups excluding carboxylic acids is 1. The average Bonchev–Trinajstić information content (AvgIpc) is 2.81. The highest BCUT2D eigenvalue weighted by molar-refractivity contribution is 6.24. The normalized spacial score (nSPS) is 11.2. The lowest BCUT2D eigenvalue weighted by molar-refractivity contribution is -0.115. The molecule has 30 heavy (non-hydrogen) atoms. The Hall–Kier alpha value is -3.33. The number of ether oxygens (including phenoxy) is 1. The number of methoxy groups -OCH3 is 1. The fourth-order valence-corrected chi connectivity index (χ4v) is 3.44. The van der Waals surface area contributed by atoms with Gasteiger partial charge >= 0.3 is 0 Å². The van der Waals surface area contributed by atoms with Crippen LogP contribution in [-0.2, 0) is 24.2 Å². The molecule has 0 aliphatic carbocycles. The van der Waals surface area contributed by atoms with Crippen molar-refractivity contribution in [1.82, 2.24) is 5.32 Å². The second-order valence-corrected chi connectivity index (χ2v) is 7.19. The topological polar surface area (TPSA) is 38.3 Å². The third-order valence-electron chi connectivity index (χ3n) is 5.26. The summed E-state index contributed by atoms with van der Waals surface area (Å²) in [6.45, 7) is 4.81. The molecule has 0 bridgehead atoms. The molecule has 0 aliphatic rings. The molecule has 1 amide bonds. The van der Waals surface area contributed by atoms with Crippen molar-refractivity contribution in [2.45, 2.75) is 33.2 Å². The largest absolute Gasteiger partial charge is 0.497 e. The lowest BCUT2D eigenvalue weighted by atomic mass is 9.99. The first kappa shape index (κ1) is 21.4. The molecule has 1 N–H and O–H groups in total. The lowest BCUT2D eigenvalue weighted by Gasteiger charge is -2.13. The fourth-order valence-electron chi connectivity index (χ4n) is 3.44. The zero-order valence-corrected chi connectivity index (χ0v) is 17.9. The molecule has 0 fully saturated rings. The highest BCUT2D eigenvalue weighted by atomic mass is 16.5. The van der Waals surface area contributed by atoms with Gasteiger partial charge in [0.15, 0.2) is 0 Å². The van der Waals surface area contributed by atoms with Gasteiger partial charge in [0, 0.05) is 12.1 Å². The van der Waals surface area contributed by atoms with Crippen molar-refractivity contribution in [3.05, 3.63) is 101 Å². The minimum absolute atomic E-state index is 0.0824. The number of carbonyl (C=O) groups is 1. The summed E-state index contributed by atoms with van der Waals surface area (Å²) in [6, 6.07) is 24.0. The zero-order chi connectivity index (χ0) is 21.3. The Labute approximate surface area is 179 Å². The van der Waals surface area contributed by atoms with Crippen molar-refractivity contribution >= 4 is 17.6 Å². The summed E-state index contributed by atoms with van der Waals surface area (Å²) >= 11 is 0. The van der Waals surface area contributed by atoms with Crippen LogP contribution in [0.4, 0.5) is 0 Å². The fraction of sp³-hybridized carbons (Fsp3) is 0.222. The highest BCUT2D eigenvalue weighted by Gasteiger charge is 2.13. The van der Waals surface area contributed by atoms with E-state index in [1.165, 1.54) is 16.7 Å².